The van der Waals surface area contributed by atoms with Crippen LogP contribution in [0.15, 0.2) is 279 Å². The summed E-state index contributed by atoms with van der Waals surface area (Å²) in [4.78, 5) is 4.79. The van der Waals surface area contributed by atoms with Crippen molar-refractivity contribution in [1.29, 1.82) is 0 Å². The van der Waals surface area contributed by atoms with Crippen molar-refractivity contribution in [1.82, 2.24) is 0 Å². The van der Waals surface area contributed by atoms with Gasteiger partial charge >= 0.3 is 0 Å². The summed E-state index contributed by atoms with van der Waals surface area (Å²) in [6.07, 6.45) is 0. The van der Waals surface area contributed by atoms with Gasteiger partial charge in [0.15, 0.2) is 0 Å². The number of hydrogen-bond donors (Lipinski definition) is 0. The highest BCUT2D eigenvalue weighted by Gasteiger charge is 2.21. The van der Waals surface area contributed by atoms with Gasteiger partial charge in [-0.15, -0.1) is 11.3 Å². The van der Waals surface area contributed by atoms with Crippen LogP contribution in [0.5, 0.6) is 0 Å². The second-order valence-electron chi connectivity index (χ2n) is 17.4. The Labute approximate surface area is 407 Å². The molecule has 0 saturated carbocycles. The van der Waals surface area contributed by atoms with E-state index < -0.39 is 0 Å². The maximum absolute atomic E-state index is 2.42. The number of rotatable bonds is 11. The molecule has 1 heterocycles. The summed E-state index contributed by atoms with van der Waals surface area (Å²) < 4.78 is 2.60. The summed E-state index contributed by atoms with van der Waals surface area (Å²) >= 11 is 1.87. The fourth-order valence-corrected chi connectivity index (χ4v) is 10.9. The Balaban J connectivity index is 1.07. The van der Waals surface area contributed by atoms with Crippen LogP contribution in [0.2, 0.25) is 0 Å². The second kappa shape index (κ2) is 18.5. The Bertz CT molecular complexity index is 3590. The minimum absolute atomic E-state index is 1.04. The van der Waals surface area contributed by atoms with Crippen molar-refractivity contribution in [3.8, 4) is 55.6 Å². The Hall–Kier alpha value is -8.76. The summed E-state index contributed by atoms with van der Waals surface area (Å²) in [5.41, 5.74) is 18.1. The monoisotopic (exact) mass is 898 g/mol. The SMILES string of the molecule is c1ccc(-c2cc(-c3ccccc3)cc(N(c3ccccc3)c3cc(-c4ccc(-c5cc(-c6ccccc6)cc6sc7ccccc7c56)cc4)cc(N(c4ccccc4)c4ccccc4)c3)c2)cc1. The minimum Gasteiger partial charge on any atom is -0.310 e. The van der Waals surface area contributed by atoms with E-state index in [1.165, 1.54) is 53.6 Å². The standard InChI is InChI=1S/C66H46N2S/c1-7-21-47(22-8-1)52-39-53(48-23-9-2-10-24-48)41-59(40-52)68(58-31-17-6-18-32-58)61-43-54(42-60(46-61)67(56-27-13-4-14-28-56)57-29-15-5-16-30-57)50-35-37-51(38-36-50)63-44-55(49-25-11-3-12-26-49)45-65-66(63)62-33-19-20-34-64(62)69-65/h1-46H. The van der Waals surface area contributed by atoms with Gasteiger partial charge < -0.3 is 9.80 Å². The van der Waals surface area contributed by atoms with Gasteiger partial charge in [-0.05, 0) is 147 Å². The minimum atomic E-state index is 1.04. The van der Waals surface area contributed by atoms with Crippen molar-refractivity contribution < 1.29 is 0 Å². The van der Waals surface area contributed by atoms with E-state index in [9.17, 15) is 0 Å². The number of para-hydroxylation sites is 3. The molecular weight excluding hydrogens is 853 g/mol. The first-order valence-electron chi connectivity index (χ1n) is 23.5. The van der Waals surface area contributed by atoms with Gasteiger partial charge in [-0.1, -0.05) is 188 Å². The highest BCUT2D eigenvalue weighted by atomic mass is 32.1. The number of benzene rings is 11. The van der Waals surface area contributed by atoms with Crippen LogP contribution < -0.4 is 9.80 Å². The molecule has 0 radical (unpaired) electrons. The lowest BCUT2D eigenvalue weighted by Crippen LogP contribution is -2.14. The Morgan fingerprint density at radius 2 is 0.565 bits per heavy atom. The van der Waals surface area contributed by atoms with Crippen molar-refractivity contribution in [2.24, 2.45) is 0 Å². The van der Waals surface area contributed by atoms with Crippen molar-refractivity contribution >= 4 is 65.6 Å². The fourth-order valence-electron chi connectivity index (χ4n) is 9.70. The van der Waals surface area contributed by atoms with Gasteiger partial charge in [0, 0.05) is 54.3 Å². The first kappa shape index (κ1) is 41.7. The van der Waals surface area contributed by atoms with E-state index >= 15 is 0 Å². The molecule has 0 fully saturated rings. The zero-order valence-electron chi connectivity index (χ0n) is 37.9. The van der Waals surface area contributed by atoms with Crippen molar-refractivity contribution in [2.45, 2.75) is 0 Å². The van der Waals surface area contributed by atoms with Gasteiger partial charge in [0.25, 0.3) is 0 Å². The summed E-state index contributed by atoms with van der Waals surface area (Å²) in [5.74, 6) is 0. The number of nitrogens with zero attached hydrogens (tertiary/aromatic N) is 2. The van der Waals surface area contributed by atoms with E-state index in [4.69, 9.17) is 0 Å². The number of thiophene rings is 1. The van der Waals surface area contributed by atoms with Gasteiger partial charge in [-0.3, -0.25) is 0 Å². The highest BCUT2D eigenvalue weighted by Crippen LogP contribution is 2.47. The van der Waals surface area contributed by atoms with Crippen LogP contribution in [0.1, 0.15) is 0 Å². The lowest BCUT2D eigenvalue weighted by molar-refractivity contribution is 1.25. The molecule has 69 heavy (non-hydrogen) atoms. The second-order valence-corrected chi connectivity index (χ2v) is 18.4. The van der Waals surface area contributed by atoms with Crippen LogP contribution in [0.4, 0.5) is 34.1 Å². The third-order valence-corrected chi connectivity index (χ3v) is 14.1. The van der Waals surface area contributed by atoms with Crippen LogP contribution in [-0.4, -0.2) is 0 Å². The third kappa shape index (κ3) is 8.37. The Morgan fingerprint density at radius 3 is 1.04 bits per heavy atom. The molecule has 0 atom stereocenters. The van der Waals surface area contributed by atoms with E-state index in [-0.39, 0.29) is 0 Å². The maximum atomic E-state index is 2.42. The van der Waals surface area contributed by atoms with Crippen LogP contribution in [0.25, 0.3) is 75.8 Å². The molecule has 3 heteroatoms. The molecule has 12 aromatic rings. The quantitative estimate of drug-likeness (QED) is 0.128. The Kier molecular flexibility index (Phi) is 11.2. The molecule has 0 bridgehead atoms. The molecule has 0 N–H and O–H groups in total. The first-order chi connectivity index (χ1) is 34.2. The van der Waals surface area contributed by atoms with Crippen LogP contribution in [0, 0.1) is 0 Å². The maximum Gasteiger partial charge on any atom is 0.0488 e. The lowest BCUT2D eigenvalue weighted by Gasteiger charge is -2.31. The molecule has 0 aliphatic rings. The molecule has 11 aromatic carbocycles. The van der Waals surface area contributed by atoms with E-state index in [0.29, 0.717) is 0 Å². The van der Waals surface area contributed by atoms with Crippen molar-refractivity contribution in [3.05, 3.63) is 279 Å². The van der Waals surface area contributed by atoms with Gasteiger partial charge in [0.1, 0.15) is 0 Å². The number of fused-ring (bicyclic) bond motifs is 3. The van der Waals surface area contributed by atoms with Gasteiger partial charge in [0.2, 0.25) is 0 Å². The fraction of sp³-hybridized carbons (Fsp3) is 0. The summed E-state index contributed by atoms with van der Waals surface area (Å²) in [6.45, 7) is 0. The van der Waals surface area contributed by atoms with Gasteiger partial charge in [-0.25, -0.2) is 0 Å². The topological polar surface area (TPSA) is 6.48 Å². The van der Waals surface area contributed by atoms with Crippen LogP contribution >= 0.6 is 11.3 Å². The molecule has 0 amide bonds. The van der Waals surface area contributed by atoms with Gasteiger partial charge in [0.05, 0.1) is 0 Å². The normalized spacial score (nSPS) is 11.2. The zero-order chi connectivity index (χ0) is 45.9. The van der Waals surface area contributed by atoms with E-state index in [1.54, 1.807) is 0 Å². The summed E-state index contributed by atoms with van der Waals surface area (Å²) in [7, 11) is 0. The summed E-state index contributed by atoms with van der Waals surface area (Å²) in [5, 5.41) is 2.60. The molecule has 12 rings (SSSR count). The van der Waals surface area contributed by atoms with Crippen molar-refractivity contribution in [3.63, 3.8) is 0 Å². The number of hydrogen-bond acceptors (Lipinski definition) is 3. The van der Waals surface area contributed by atoms with Gasteiger partial charge in [-0.2, -0.15) is 0 Å². The van der Waals surface area contributed by atoms with Crippen LogP contribution in [0.3, 0.4) is 0 Å². The average molecular weight is 899 g/mol. The summed E-state index contributed by atoms with van der Waals surface area (Å²) in [6, 6.07) is 101. The first-order valence-corrected chi connectivity index (χ1v) is 24.3. The molecule has 0 saturated heterocycles. The molecule has 0 aliphatic heterocycles. The smallest absolute Gasteiger partial charge is 0.0488 e. The predicted molar refractivity (Wildman–Crippen MR) is 296 cm³/mol. The molecular formula is C66H46N2S. The molecule has 326 valence electrons. The van der Waals surface area contributed by atoms with E-state index in [2.05, 4.69) is 289 Å². The van der Waals surface area contributed by atoms with Crippen molar-refractivity contribution in [2.75, 3.05) is 9.80 Å². The molecule has 0 unspecified atom stereocenters. The molecule has 2 nitrogen and oxygen atoms in total. The molecule has 0 aliphatic carbocycles. The molecule has 0 spiro atoms. The zero-order valence-corrected chi connectivity index (χ0v) is 38.7. The third-order valence-electron chi connectivity index (χ3n) is 13.0. The molecule has 1 aromatic heterocycles. The van der Waals surface area contributed by atoms with E-state index in [0.717, 1.165) is 56.4 Å². The van der Waals surface area contributed by atoms with Crippen LogP contribution in [-0.2, 0) is 0 Å². The average Bonchev–Trinajstić information content (AvgIpc) is 3.81. The predicted octanol–water partition coefficient (Wildman–Crippen LogP) is 19.3. The largest absolute Gasteiger partial charge is 0.310 e. The van der Waals surface area contributed by atoms with E-state index in [1.807, 2.05) is 11.3 Å². The highest BCUT2D eigenvalue weighted by molar-refractivity contribution is 7.26. The lowest BCUT2D eigenvalue weighted by atomic mass is 9.93. The Morgan fingerprint density at radius 1 is 0.217 bits per heavy atom. The number of anilines is 6.